The Balaban J connectivity index is 0. The first-order chi connectivity index (χ1) is 8.33. The van der Waals surface area contributed by atoms with Gasteiger partial charge in [0.2, 0.25) is 0 Å². The molecule has 0 amide bonds. The highest BCUT2D eigenvalue weighted by Crippen LogP contribution is 2.07. The molecule has 0 bridgehead atoms. The van der Waals surface area contributed by atoms with Gasteiger partial charge in [-0.3, -0.25) is 0 Å². The first-order valence-corrected chi connectivity index (χ1v) is 8.04. The SMILES string of the molecule is CCCCCCCCCC.CCCNCCC. The molecule has 0 saturated heterocycles. The maximum atomic E-state index is 3.28. The molecule has 0 aliphatic rings. The second-order valence-electron chi connectivity index (χ2n) is 4.87. The molecule has 17 heavy (non-hydrogen) atoms. The van der Waals surface area contributed by atoms with Crippen LogP contribution in [-0.2, 0) is 0 Å². The van der Waals surface area contributed by atoms with Gasteiger partial charge in [-0.2, -0.15) is 0 Å². The van der Waals surface area contributed by atoms with Gasteiger partial charge >= 0.3 is 0 Å². The summed E-state index contributed by atoms with van der Waals surface area (Å²) >= 11 is 0. The Morgan fingerprint density at radius 3 is 1.12 bits per heavy atom. The molecule has 0 spiro atoms. The Kier molecular flexibility index (Phi) is 24.1. The third kappa shape index (κ3) is 25.9. The summed E-state index contributed by atoms with van der Waals surface area (Å²) in [7, 11) is 0. The lowest BCUT2D eigenvalue weighted by Crippen LogP contribution is -2.14. The van der Waals surface area contributed by atoms with Gasteiger partial charge in [-0.25, -0.2) is 0 Å². The maximum Gasteiger partial charge on any atom is -0.00516 e. The van der Waals surface area contributed by atoms with Crippen molar-refractivity contribution in [3.8, 4) is 0 Å². The molecule has 0 rings (SSSR count). The fourth-order valence-corrected chi connectivity index (χ4v) is 1.69. The van der Waals surface area contributed by atoms with E-state index in [9.17, 15) is 0 Å². The van der Waals surface area contributed by atoms with E-state index in [4.69, 9.17) is 0 Å². The van der Waals surface area contributed by atoms with Gasteiger partial charge in [-0.15, -0.1) is 0 Å². The minimum absolute atomic E-state index is 1.17. The number of unbranched alkanes of at least 4 members (excludes halogenated alkanes) is 7. The number of hydrogen-bond acceptors (Lipinski definition) is 1. The van der Waals surface area contributed by atoms with Gasteiger partial charge in [0, 0.05) is 0 Å². The molecule has 0 heterocycles. The van der Waals surface area contributed by atoms with Gasteiger partial charge in [-0.05, 0) is 25.9 Å². The zero-order valence-electron chi connectivity index (χ0n) is 13.0. The van der Waals surface area contributed by atoms with Gasteiger partial charge in [0.05, 0.1) is 0 Å². The van der Waals surface area contributed by atoms with Crippen molar-refractivity contribution in [3.63, 3.8) is 0 Å². The standard InChI is InChI=1S/C10H22.C6H15N/c1-3-5-7-9-10-8-6-4-2;1-3-5-7-6-4-2/h3-10H2,1-2H3;7H,3-6H2,1-2H3. The Morgan fingerprint density at radius 1 is 0.471 bits per heavy atom. The van der Waals surface area contributed by atoms with Crippen LogP contribution < -0.4 is 5.32 Å². The molecular formula is C16H37N. The minimum atomic E-state index is 1.17. The summed E-state index contributed by atoms with van der Waals surface area (Å²) in [6, 6.07) is 0. The van der Waals surface area contributed by atoms with Crippen molar-refractivity contribution in [1.82, 2.24) is 5.32 Å². The molecule has 0 radical (unpaired) electrons. The normalized spacial score (nSPS) is 9.88. The maximum absolute atomic E-state index is 3.28. The molecule has 0 atom stereocenters. The quantitative estimate of drug-likeness (QED) is 0.470. The largest absolute Gasteiger partial charge is 0.317 e. The van der Waals surface area contributed by atoms with Crippen LogP contribution in [0.2, 0.25) is 0 Å². The first kappa shape index (κ1) is 19.3. The fourth-order valence-electron chi connectivity index (χ4n) is 1.69. The molecule has 1 nitrogen and oxygen atoms in total. The van der Waals surface area contributed by atoms with Crippen molar-refractivity contribution >= 4 is 0 Å². The molecule has 106 valence electrons. The summed E-state index contributed by atoms with van der Waals surface area (Å²) in [5, 5.41) is 3.28. The molecule has 1 N–H and O–H groups in total. The molecule has 0 aromatic heterocycles. The Labute approximate surface area is 111 Å². The topological polar surface area (TPSA) is 12.0 Å². The second kappa shape index (κ2) is 21.3. The van der Waals surface area contributed by atoms with Gasteiger partial charge in [0.25, 0.3) is 0 Å². The van der Waals surface area contributed by atoms with Crippen molar-refractivity contribution in [1.29, 1.82) is 0 Å². The average molecular weight is 243 g/mol. The number of rotatable bonds is 11. The zero-order chi connectivity index (χ0) is 13.2. The van der Waals surface area contributed by atoms with E-state index in [2.05, 4.69) is 33.0 Å². The van der Waals surface area contributed by atoms with Crippen LogP contribution in [0.4, 0.5) is 0 Å². The van der Waals surface area contributed by atoms with Gasteiger partial charge in [-0.1, -0.05) is 79.1 Å². The Morgan fingerprint density at radius 2 is 0.824 bits per heavy atom. The van der Waals surface area contributed by atoms with Crippen molar-refractivity contribution in [2.24, 2.45) is 0 Å². The van der Waals surface area contributed by atoms with E-state index in [1.807, 2.05) is 0 Å². The summed E-state index contributed by atoms with van der Waals surface area (Å²) in [4.78, 5) is 0. The van der Waals surface area contributed by atoms with E-state index in [-0.39, 0.29) is 0 Å². The number of nitrogens with one attached hydrogen (secondary N) is 1. The second-order valence-corrected chi connectivity index (χ2v) is 4.87. The van der Waals surface area contributed by atoms with Crippen molar-refractivity contribution < 1.29 is 0 Å². The lowest BCUT2D eigenvalue weighted by molar-refractivity contribution is 0.585. The average Bonchev–Trinajstić information content (AvgIpc) is 2.35. The van der Waals surface area contributed by atoms with Crippen LogP contribution in [0.3, 0.4) is 0 Å². The molecule has 0 aliphatic carbocycles. The van der Waals surface area contributed by atoms with E-state index in [0.29, 0.717) is 0 Å². The molecule has 0 fully saturated rings. The molecule has 0 aromatic carbocycles. The van der Waals surface area contributed by atoms with Gasteiger partial charge in [0.1, 0.15) is 0 Å². The lowest BCUT2D eigenvalue weighted by Gasteiger charge is -1.97. The fraction of sp³-hybridized carbons (Fsp3) is 1.00. The van der Waals surface area contributed by atoms with E-state index < -0.39 is 0 Å². The predicted octanol–water partition coefficient (Wildman–Crippen LogP) is 5.54. The zero-order valence-corrected chi connectivity index (χ0v) is 13.0. The summed E-state index contributed by atoms with van der Waals surface area (Å²) in [6.45, 7) is 11.3. The molecule has 0 aliphatic heterocycles. The Hall–Kier alpha value is -0.0400. The lowest BCUT2D eigenvalue weighted by atomic mass is 10.1. The van der Waals surface area contributed by atoms with E-state index in [1.165, 1.54) is 77.3 Å². The summed E-state index contributed by atoms with van der Waals surface area (Å²) in [5.74, 6) is 0. The first-order valence-electron chi connectivity index (χ1n) is 8.04. The summed E-state index contributed by atoms with van der Waals surface area (Å²) in [5.41, 5.74) is 0. The minimum Gasteiger partial charge on any atom is -0.317 e. The van der Waals surface area contributed by atoms with E-state index in [1.54, 1.807) is 0 Å². The molecular weight excluding hydrogens is 206 g/mol. The van der Waals surface area contributed by atoms with Gasteiger partial charge < -0.3 is 5.32 Å². The van der Waals surface area contributed by atoms with Crippen LogP contribution in [0.25, 0.3) is 0 Å². The van der Waals surface area contributed by atoms with Gasteiger partial charge in [0.15, 0.2) is 0 Å². The smallest absolute Gasteiger partial charge is 0.00516 e. The predicted molar refractivity (Wildman–Crippen MR) is 81.7 cm³/mol. The van der Waals surface area contributed by atoms with Crippen LogP contribution in [0.5, 0.6) is 0 Å². The third-order valence-corrected chi connectivity index (χ3v) is 2.81. The van der Waals surface area contributed by atoms with Crippen LogP contribution in [-0.4, -0.2) is 13.1 Å². The number of hydrogen-bond donors (Lipinski definition) is 1. The third-order valence-electron chi connectivity index (χ3n) is 2.81. The highest BCUT2D eigenvalue weighted by Gasteiger charge is 1.87. The highest BCUT2D eigenvalue weighted by molar-refractivity contribution is 4.43. The van der Waals surface area contributed by atoms with Crippen molar-refractivity contribution in [2.75, 3.05) is 13.1 Å². The van der Waals surface area contributed by atoms with Crippen LogP contribution in [0.1, 0.15) is 91.9 Å². The van der Waals surface area contributed by atoms with Crippen LogP contribution in [0.15, 0.2) is 0 Å². The monoisotopic (exact) mass is 243 g/mol. The van der Waals surface area contributed by atoms with Crippen molar-refractivity contribution in [2.45, 2.75) is 91.9 Å². The van der Waals surface area contributed by atoms with E-state index >= 15 is 0 Å². The highest BCUT2D eigenvalue weighted by atomic mass is 14.8. The van der Waals surface area contributed by atoms with Crippen LogP contribution >= 0.6 is 0 Å². The summed E-state index contributed by atoms with van der Waals surface area (Å²) in [6.07, 6.45) is 14.0. The summed E-state index contributed by atoms with van der Waals surface area (Å²) < 4.78 is 0. The Bertz CT molecular complexity index is 89.7. The van der Waals surface area contributed by atoms with Crippen molar-refractivity contribution in [3.05, 3.63) is 0 Å². The molecule has 0 saturated carbocycles. The molecule has 0 unspecified atom stereocenters. The van der Waals surface area contributed by atoms with E-state index in [0.717, 1.165) is 0 Å². The molecule has 0 aromatic rings. The van der Waals surface area contributed by atoms with Crippen LogP contribution in [0, 0.1) is 0 Å². The molecule has 1 heteroatoms.